The number of carboxylic acids is 1. The highest BCUT2D eigenvalue weighted by atomic mass is 32.2. The zero-order chi connectivity index (χ0) is 30.7. The zero-order valence-corrected chi connectivity index (χ0v) is 24.5. The summed E-state index contributed by atoms with van der Waals surface area (Å²) >= 11 is 1.47. The summed E-state index contributed by atoms with van der Waals surface area (Å²) < 4.78 is -0.895. The van der Waals surface area contributed by atoms with Crippen LogP contribution in [0.3, 0.4) is 0 Å². The van der Waals surface area contributed by atoms with Crippen molar-refractivity contribution in [3.63, 3.8) is 0 Å². The molecule has 3 heterocycles. The first kappa shape index (κ1) is 33.3. The molecule has 4 atom stereocenters. The first-order valence-corrected chi connectivity index (χ1v) is 15.6. The number of nitrogens with two attached hydrogens (primary N) is 1. The number of rotatable bonds is 19. The number of nitrogens with one attached hydrogen (secondary N) is 3. The SMILES string of the molecule is NCCCCC(C(=O)CCCCCNC(=O)[C@@]1(CCCCC(=O)O)SC[C@@H]2NC(=O)N[C@@H]21)C(=O)ON1C(=O)CCC1=O. The Morgan fingerprint density at radius 3 is 2.40 bits per heavy atom. The minimum absolute atomic E-state index is 0.0138. The lowest BCUT2D eigenvalue weighted by molar-refractivity contribution is -0.201. The number of nitrogens with zero attached hydrogens (tertiary/aromatic N) is 1. The van der Waals surface area contributed by atoms with Gasteiger partial charge >= 0.3 is 18.0 Å². The maximum atomic E-state index is 13.4. The first-order valence-electron chi connectivity index (χ1n) is 14.6. The molecule has 0 aliphatic carbocycles. The fourth-order valence-corrected chi connectivity index (χ4v) is 7.14. The maximum absolute atomic E-state index is 13.4. The van der Waals surface area contributed by atoms with E-state index in [0.29, 0.717) is 75.3 Å². The lowest BCUT2D eigenvalue weighted by Crippen LogP contribution is -2.56. The summed E-state index contributed by atoms with van der Waals surface area (Å²) in [5.41, 5.74) is 5.53. The fraction of sp³-hybridized carbons (Fsp3) is 0.741. The molecule has 0 bridgehead atoms. The Labute approximate surface area is 248 Å². The van der Waals surface area contributed by atoms with Crippen LogP contribution in [0.1, 0.15) is 83.5 Å². The van der Waals surface area contributed by atoms with Gasteiger partial charge in [-0.3, -0.25) is 24.0 Å². The van der Waals surface area contributed by atoms with Crippen LogP contribution in [0.5, 0.6) is 0 Å². The third-order valence-electron chi connectivity index (χ3n) is 7.79. The molecule has 1 unspecified atom stereocenters. The Balaban J connectivity index is 1.46. The molecule has 0 spiro atoms. The number of ketones is 1. The summed E-state index contributed by atoms with van der Waals surface area (Å²) in [6.45, 7) is 0.752. The number of carboxylic acid groups (broad SMARTS) is 1. The smallest absolute Gasteiger partial charge is 0.343 e. The van der Waals surface area contributed by atoms with Crippen LogP contribution in [-0.2, 0) is 33.6 Å². The predicted molar refractivity (Wildman–Crippen MR) is 151 cm³/mol. The molecule has 0 radical (unpaired) electrons. The number of imide groups is 1. The van der Waals surface area contributed by atoms with Gasteiger partial charge in [-0.05, 0) is 45.1 Å². The van der Waals surface area contributed by atoms with Crippen LogP contribution in [0.4, 0.5) is 4.79 Å². The van der Waals surface area contributed by atoms with E-state index < -0.39 is 34.4 Å². The minimum atomic E-state index is -1.10. The largest absolute Gasteiger partial charge is 0.481 e. The second-order valence-electron chi connectivity index (χ2n) is 10.9. The third kappa shape index (κ3) is 8.66. The molecule has 3 fully saturated rings. The van der Waals surface area contributed by atoms with Crippen molar-refractivity contribution in [2.75, 3.05) is 18.8 Å². The van der Waals surface area contributed by atoms with Crippen molar-refractivity contribution >= 4 is 53.2 Å². The molecule has 0 aromatic rings. The number of urea groups is 1. The molecule has 0 aromatic carbocycles. The average Bonchev–Trinajstić information content (AvgIpc) is 3.59. The van der Waals surface area contributed by atoms with Gasteiger partial charge in [0.15, 0.2) is 0 Å². The normalized spacial score (nSPS) is 23.7. The van der Waals surface area contributed by atoms with Crippen molar-refractivity contribution in [1.82, 2.24) is 21.0 Å². The van der Waals surface area contributed by atoms with Crippen LogP contribution in [0, 0.1) is 5.92 Å². The number of Topliss-reactive ketones (excluding diaryl/α,β-unsaturated/α-hetero) is 1. The summed E-state index contributed by atoms with van der Waals surface area (Å²) in [5, 5.41) is 18.0. The molecule has 3 saturated heterocycles. The van der Waals surface area contributed by atoms with E-state index in [9.17, 15) is 33.6 Å². The third-order valence-corrected chi connectivity index (χ3v) is 9.48. The van der Waals surface area contributed by atoms with Crippen molar-refractivity contribution in [2.24, 2.45) is 11.7 Å². The highest BCUT2D eigenvalue weighted by molar-refractivity contribution is 8.01. The van der Waals surface area contributed by atoms with Crippen LogP contribution >= 0.6 is 11.8 Å². The number of thioether (sulfide) groups is 1. The number of hydrogen-bond acceptors (Lipinski definition) is 10. The Kier molecular flexibility index (Phi) is 12.6. The minimum Gasteiger partial charge on any atom is -0.481 e. The molecule has 3 aliphatic rings. The second kappa shape index (κ2) is 15.9. The molecular weight excluding hydrogens is 570 g/mol. The molecular formula is C27H41N5O9S. The molecule has 6 N–H and O–H groups in total. The quantitative estimate of drug-likeness (QED) is 0.0595. The van der Waals surface area contributed by atoms with Gasteiger partial charge in [-0.15, -0.1) is 16.8 Å². The molecule has 3 aliphatic heterocycles. The van der Waals surface area contributed by atoms with Crippen LogP contribution in [0.2, 0.25) is 0 Å². The van der Waals surface area contributed by atoms with Crippen molar-refractivity contribution in [3.05, 3.63) is 0 Å². The molecule has 14 nitrogen and oxygen atoms in total. The van der Waals surface area contributed by atoms with E-state index in [0.717, 1.165) is 0 Å². The van der Waals surface area contributed by atoms with Gasteiger partial charge in [0.2, 0.25) is 5.91 Å². The van der Waals surface area contributed by atoms with Gasteiger partial charge in [-0.2, -0.15) is 0 Å². The number of fused-ring (bicyclic) bond motifs is 1. The summed E-state index contributed by atoms with van der Waals surface area (Å²) in [5.74, 6) is -4.08. The molecule has 0 saturated carbocycles. The molecule has 5 amide bonds. The predicted octanol–water partition coefficient (Wildman–Crippen LogP) is 0.765. The van der Waals surface area contributed by atoms with Crippen LogP contribution in [-0.4, -0.2) is 87.3 Å². The lowest BCUT2D eigenvalue weighted by Gasteiger charge is -2.32. The highest BCUT2D eigenvalue weighted by Crippen LogP contribution is 2.44. The highest BCUT2D eigenvalue weighted by Gasteiger charge is 2.57. The summed E-state index contributed by atoms with van der Waals surface area (Å²) in [7, 11) is 0. The first-order chi connectivity index (χ1) is 20.1. The summed E-state index contributed by atoms with van der Waals surface area (Å²) in [6.07, 6.45) is 4.43. The van der Waals surface area contributed by atoms with Crippen molar-refractivity contribution in [1.29, 1.82) is 0 Å². The Hall–Kier alpha value is -3.20. The van der Waals surface area contributed by atoms with Gasteiger partial charge in [0.05, 0.1) is 12.1 Å². The van der Waals surface area contributed by atoms with Gasteiger partial charge in [-0.1, -0.05) is 19.3 Å². The lowest BCUT2D eigenvalue weighted by atomic mass is 9.88. The Morgan fingerprint density at radius 2 is 1.71 bits per heavy atom. The molecule has 3 rings (SSSR count). The number of amides is 5. The standard InChI is InChI=1S/C27H41N5O9S/c28-14-6-4-8-17(24(38)41-32-20(34)11-12-21(32)35)19(33)9-2-1-7-15-29-25(39)27(13-5-3-10-22(36)37)23-18(16-42-27)30-26(40)31-23/h17-18,23H,1-16,28H2,(H,29,39)(H,36,37)(H2,30,31,40)/t17?,18-,23-,27-/m0/s1. The van der Waals surface area contributed by atoms with Crippen molar-refractivity contribution in [2.45, 2.75) is 100 Å². The number of carbonyl (C=O) groups excluding carboxylic acids is 6. The zero-order valence-electron chi connectivity index (χ0n) is 23.7. The molecule has 15 heteroatoms. The summed E-state index contributed by atoms with van der Waals surface area (Å²) in [6, 6.07) is -0.883. The Morgan fingerprint density at radius 1 is 1.00 bits per heavy atom. The van der Waals surface area contributed by atoms with E-state index in [-0.39, 0.29) is 61.9 Å². The molecule has 234 valence electrons. The average molecular weight is 612 g/mol. The number of unbranched alkanes of at least 4 members (excludes halogenated alkanes) is 4. The van der Waals surface area contributed by atoms with Gasteiger partial charge < -0.3 is 31.6 Å². The maximum Gasteiger partial charge on any atom is 0.343 e. The van der Waals surface area contributed by atoms with Gasteiger partial charge in [0.1, 0.15) is 16.4 Å². The van der Waals surface area contributed by atoms with Crippen molar-refractivity contribution < 1.29 is 43.5 Å². The van der Waals surface area contributed by atoms with Crippen LogP contribution in [0.25, 0.3) is 0 Å². The number of hydroxylamine groups is 2. The second-order valence-corrected chi connectivity index (χ2v) is 12.2. The monoisotopic (exact) mass is 611 g/mol. The van der Waals surface area contributed by atoms with E-state index in [4.69, 9.17) is 15.7 Å². The van der Waals surface area contributed by atoms with E-state index in [1.165, 1.54) is 11.8 Å². The van der Waals surface area contributed by atoms with Gasteiger partial charge in [-0.25, -0.2) is 9.59 Å². The fourth-order valence-electron chi connectivity index (χ4n) is 5.50. The summed E-state index contributed by atoms with van der Waals surface area (Å²) in [4.78, 5) is 90.4. The number of aliphatic carboxylic acids is 1. The molecule has 0 aromatic heterocycles. The topological polar surface area (TPSA) is 214 Å². The number of hydrogen-bond donors (Lipinski definition) is 5. The Bertz CT molecular complexity index is 1040. The number of carbonyl (C=O) groups is 7. The molecule has 42 heavy (non-hydrogen) atoms. The van der Waals surface area contributed by atoms with Gasteiger partial charge in [0.25, 0.3) is 11.8 Å². The van der Waals surface area contributed by atoms with E-state index in [1.807, 2.05) is 0 Å². The van der Waals surface area contributed by atoms with Crippen molar-refractivity contribution in [3.8, 4) is 0 Å². The van der Waals surface area contributed by atoms with Gasteiger partial charge in [0, 0.05) is 38.0 Å². The van der Waals surface area contributed by atoms with Crippen LogP contribution in [0.15, 0.2) is 0 Å². The van der Waals surface area contributed by atoms with Crippen LogP contribution < -0.4 is 21.7 Å². The van der Waals surface area contributed by atoms with E-state index in [2.05, 4.69) is 16.0 Å². The van der Waals surface area contributed by atoms with E-state index >= 15 is 0 Å². The van der Waals surface area contributed by atoms with E-state index in [1.54, 1.807) is 0 Å².